The van der Waals surface area contributed by atoms with Crippen LogP contribution in [0.1, 0.15) is 49.9 Å². The van der Waals surface area contributed by atoms with E-state index in [4.69, 9.17) is 0 Å². The van der Waals surface area contributed by atoms with E-state index in [9.17, 15) is 0 Å². The minimum atomic E-state index is -0.263. The summed E-state index contributed by atoms with van der Waals surface area (Å²) in [6.45, 7) is 9.66. The van der Waals surface area contributed by atoms with E-state index in [1.807, 2.05) is 0 Å². The molecule has 13 aromatic rings. The van der Waals surface area contributed by atoms with Gasteiger partial charge in [-0.3, -0.25) is 0 Å². The molecule has 0 unspecified atom stereocenters. The Hall–Kier alpha value is -9.76. The molecule has 0 saturated heterocycles. The third-order valence-corrected chi connectivity index (χ3v) is 17.6. The Morgan fingerprint density at radius 1 is 0.287 bits per heavy atom. The topological polar surface area (TPSA) is 8.17 Å². The molecule has 0 atom stereocenters. The van der Waals surface area contributed by atoms with Crippen molar-refractivity contribution in [3.8, 4) is 83.7 Å². The van der Waals surface area contributed by atoms with Crippen LogP contribution in [-0.2, 0) is 10.8 Å². The number of hydrogen-bond donors (Lipinski definition) is 0. The fraction of sp³-hybridized carbons (Fsp3) is 0.0769. The Balaban J connectivity index is 0.820. The second-order valence-electron chi connectivity index (χ2n) is 22.9. The normalized spacial score (nSPS) is 13.4. The Bertz CT molecular complexity index is 4440. The van der Waals surface area contributed by atoms with Crippen LogP contribution < -0.4 is 4.90 Å². The van der Waals surface area contributed by atoms with Gasteiger partial charge in [0.2, 0.25) is 0 Å². The fourth-order valence-electron chi connectivity index (χ4n) is 13.5. The van der Waals surface area contributed by atoms with Crippen molar-refractivity contribution in [1.29, 1.82) is 0 Å². The third-order valence-electron chi connectivity index (χ3n) is 17.6. The minimum absolute atomic E-state index is 0.248. The average Bonchev–Trinajstić information content (AvgIpc) is 4.12. The van der Waals surface area contributed by atoms with Crippen LogP contribution in [0.4, 0.5) is 17.1 Å². The Labute approximate surface area is 469 Å². The lowest BCUT2D eigenvalue weighted by molar-refractivity contribution is 0.660. The first kappa shape index (κ1) is 47.5. The van der Waals surface area contributed by atoms with Crippen molar-refractivity contribution in [3.05, 3.63) is 301 Å². The summed E-state index contributed by atoms with van der Waals surface area (Å²) in [6, 6.07) is 103. The number of benzene rings is 12. The van der Waals surface area contributed by atoms with E-state index in [1.54, 1.807) is 0 Å². The second kappa shape index (κ2) is 18.4. The molecule has 12 aromatic carbocycles. The van der Waals surface area contributed by atoms with Crippen molar-refractivity contribution < 1.29 is 0 Å². The molecule has 15 rings (SSSR count). The highest BCUT2D eigenvalue weighted by atomic mass is 15.1. The highest BCUT2D eigenvalue weighted by Gasteiger charge is 2.39. The molecule has 2 aliphatic rings. The van der Waals surface area contributed by atoms with E-state index in [-0.39, 0.29) is 10.8 Å². The summed E-state index contributed by atoms with van der Waals surface area (Å²) in [4.78, 5) is 2.41. The van der Waals surface area contributed by atoms with E-state index < -0.39 is 0 Å². The highest BCUT2D eigenvalue weighted by molar-refractivity contribution is 6.10. The number of aromatic nitrogens is 1. The molecule has 1 aromatic heterocycles. The van der Waals surface area contributed by atoms with Crippen LogP contribution in [0.25, 0.3) is 105 Å². The van der Waals surface area contributed by atoms with Crippen molar-refractivity contribution in [1.82, 2.24) is 4.57 Å². The van der Waals surface area contributed by atoms with Gasteiger partial charge in [-0.05, 0) is 161 Å². The number of nitrogens with zero attached hydrogens (tertiary/aromatic N) is 2. The number of fused-ring (bicyclic) bond motifs is 8. The highest BCUT2D eigenvalue weighted by Crippen LogP contribution is 2.56. The summed E-state index contributed by atoms with van der Waals surface area (Å²) in [5.74, 6) is 0. The molecule has 0 aliphatic heterocycles. The van der Waals surface area contributed by atoms with Crippen LogP contribution in [0.2, 0.25) is 0 Å². The second-order valence-corrected chi connectivity index (χ2v) is 22.9. The van der Waals surface area contributed by atoms with Gasteiger partial charge < -0.3 is 9.47 Å². The van der Waals surface area contributed by atoms with E-state index >= 15 is 0 Å². The quantitative estimate of drug-likeness (QED) is 0.140. The van der Waals surface area contributed by atoms with Gasteiger partial charge in [0.25, 0.3) is 0 Å². The van der Waals surface area contributed by atoms with Crippen molar-refractivity contribution in [2.45, 2.75) is 38.5 Å². The maximum atomic E-state index is 2.55. The van der Waals surface area contributed by atoms with Crippen molar-refractivity contribution in [2.75, 3.05) is 4.90 Å². The van der Waals surface area contributed by atoms with Gasteiger partial charge in [-0.1, -0.05) is 240 Å². The minimum Gasteiger partial charge on any atom is -0.310 e. The predicted molar refractivity (Wildman–Crippen MR) is 338 cm³/mol. The average molecular weight is 1020 g/mol. The Morgan fingerprint density at radius 2 is 0.700 bits per heavy atom. The molecular weight excluding hydrogens is 965 g/mol. The maximum absolute atomic E-state index is 2.55. The van der Waals surface area contributed by atoms with E-state index in [0.29, 0.717) is 0 Å². The summed E-state index contributed by atoms with van der Waals surface area (Å²) < 4.78 is 2.55. The number of hydrogen-bond acceptors (Lipinski definition) is 1. The zero-order chi connectivity index (χ0) is 53.7. The van der Waals surface area contributed by atoms with E-state index in [2.05, 4.69) is 316 Å². The molecule has 380 valence electrons. The summed E-state index contributed by atoms with van der Waals surface area (Å²) >= 11 is 0. The maximum Gasteiger partial charge on any atom is 0.0619 e. The molecule has 2 heteroatoms. The molecule has 0 fully saturated rings. The monoisotopic (exact) mass is 1020 g/mol. The first-order valence-electron chi connectivity index (χ1n) is 28.1. The molecule has 1 heterocycles. The lowest BCUT2D eigenvalue weighted by Gasteiger charge is -2.28. The van der Waals surface area contributed by atoms with Gasteiger partial charge in [0.05, 0.1) is 16.9 Å². The van der Waals surface area contributed by atoms with Crippen molar-refractivity contribution >= 4 is 38.7 Å². The van der Waals surface area contributed by atoms with Crippen LogP contribution in [0.15, 0.2) is 279 Å². The third kappa shape index (κ3) is 7.54. The molecule has 0 amide bonds. The van der Waals surface area contributed by atoms with Crippen LogP contribution in [0.5, 0.6) is 0 Å². The number of anilines is 3. The summed E-state index contributed by atoms with van der Waals surface area (Å²) in [5.41, 5.74) is 28.1. The molecule has 2 aliphatic carbocycles. The van der Waals surface area contributed by atoms with Gasteiger partial charge in [0.15, 0.2) is 0 Å². The molecule has 2 nitrogen and oxygen atoms in total. The Kier molecular flexibility index (Phi) is 10.9. The van der Waals surface area contributed by atoms with Gasteiger partial charge in [-0.15, -0.1) is 0 Å². The van der Waals surface area contributed by atoms with Gasteiger partial charge in [0.1, 0.15) is 0 Å². The first-order chi connectivity index (χ1) is 39.2. The molecule has 0 N–H and O–H groups in total. The van der Waals surface area contributed by atoms with E-state index in [1.165, 1.54) is 128 Å². The zero-order valence-electron chi connectivity index (χ0n) is 45.5. The summed E-state index contributed by atoms with van der Waals surface area (Å²) in [5, 5.41) is 3.71. The first-order valence-corrected chi connectivity index (χ1v) is 28.1. The standard InChI is InChI=1S/C78H58N2/c1-77(2)69-46-58(36-43-64(69)65-45-42-62(48-71(65)77)79(60-38-32-53(33-39-60)51-20-9-5-10-21-51)61-40-34-54(35-41-61)52-22-11-6-12-23-52)59-37-44-66-67-49-68-74(50-72(67)78(3,4)70(66)47-59)80(73-31-19-29-55-24-17-18-30-63(55)73)76(57-27-15-8-16-28-57)75(68)56-25-13-7-14-26-56/h5-50H,1-4H3. The molecule has 0 spiro atoms. The molecule has 0 saturated carbocycles. The molecule has 80 heavy (non-hydrogen) atoms. The summed E-state index contributed by atoms with van der Waals surface area (Å²) in [6.07, 6.45) is 0. The lowest BCUT2D eigenvalue weighted by Crippen LogP contribution is -2.17. The van der Waals surface area contributed by atoms with Crippen molar-refractivity contribution in [3.63, 3.8) is 0 Å². The van der Waals surface area contributed by atoms with Crippen molar-refractivity contribution in [2.24, 2.45) is 0 Å². The van der Waals surface area contributed by atoms with Gasteiger partial charge in [-0.25, -0.2) is 0 Å². The van der Waals surface area contributed by atoms with Gasteiger partial charge in [0, 0.05) is 44.2 Å². The zero-order valence-corrected chi connectivity index (χ0v) is 45.5. The molecular formula is C78H58N2. The van der Waals surface area contributed by atoms with Gasteiger partial charge >= 0.3 is 0 Å². The molecule has 0 bridgehead atoms. The van der Waals surface area contributed by atoms with E-state index in [0.717, 1.165) is 17.1 Å². The van der Waals surface area contributed by atoms with Crippen LogP contribution in [0, 0.1) is 0 Å². The molecule has 0 radical (unpaired) electrons. The SMILES string of the molecule is CC1(C)c2cc(-c3ccc4c(c3)C(C)(C)c3cc5c(cc3-4)c(-c3ccccc3)c(-c3ccccc3)n5-c3cccc4ccccc34)ccc2-c2ccc(N(c3ccc(-c4ccccc4)cc3)c3ccc(-c4ccccc4)cc3)cc21. The Morgan fingerprint density at radius 3 is 1.26 bits per heavy atom. The summed E-state index contributed by atoms with van der Waals surface area (Å²) in [7, 11) is 0. The van der Waals surface area contributed by atoms with Crippen LogP contribution in [0.3, 0.4) is 0 Å². The van der Waals surface area contributed by atoms with Crippen LogP contribution in [-0.4, -0.2) is 4.57 Å². The van der Waals surface area contributed by atoms with Crippen LogP contribution >= 0.6 is 0 Å². The smallest absolute Gasteiger partial charge is 0.0619 e. The fourth-order valence-corrected chi connectivity index (χ4v) is 13.5. The van der Waals surface area contributed by atoms with Gasteiger partial charge in [-0.2, -0.15) is 0 Å². The largest absolute Gasteiger partial charge is 0.310 e. The predicted octanol–water partition coefficient (Wildman–Crippen LogP) is 21.2. The lowest BCUT2D eigenvalue weighted by atomic mass is 9.80. The number of rotatable bonds is 9.